The van der Waals surface area contributed by atoms with Crippen LogP contribution in [0.15, 0.2) is 17.5 Å². The Bertz CT molecular complexity index is 399. The van der Waals surface area contributed by atoms with E-state index in [9.17, 15) is 4.79 Å². The Labute approximate surface area is 126 Å². The molecule has 0 aliphatic heterocycles. The fourth-order valence-electron chi connectivity index (χ4n) is 2.87. The lowest BCUT2D eigenvalue weighted by Gasteiger charge is -2.26. The van der Waals surface area contributed by atoms with Gasteiger partial charge in [0, 0.05) is 17.0 Å². The third-order valence-corrected chi connectivity index (χ3v) is 4.87. The molecule has 2 N–H and O–H groups in total. The second kappa shape index (κ2) is 7.79. The first-order chi connectivity index (χ1) is 9.65. The van der Waals surface area contributed by atoms with Crippen molar-refractivity contribution in [3.63, 3.8) is 0 Å². The molecule has 0 spiro atoms. The van der Waals surface area contributed by atoms with Gasteiger partial charge in [-0.2, -0.15) is 0 Å². The first-order valence-corrected chi connectivity index (χ1v) is 8.62. The smallest absolute Gasteiger partial charge is 0.237 e. The number of carbonyl (C=O) groups is 1. The average molecular weight is 294 g/mol. The van der Waals surface area contributed by atoms with E-state index in [0.717, 1.165) is 19.3 Å². The van der Waals surface area contributed by atoms with Gasteiger partial charge in [-0.1, -0.05) is 25.3 Å². The first-order valence-electron chi connectivity index (χ1n) is 7.74. The van der Waals surface area contributed by atoms with E-state index in [1.807, 2.05) is 6.92 Å². The van der Waals surface area contributed by atoms with Crippen LogP contribution in [0.1, 0.15) is 50.8 Å². The predicted octanol–water partition coefficient (Wildman–Crippen LogP) is 3.11. The minimum atomic E-state index is -0.119. The highest BCUT2D eigenvalue weighted by atomic mass is 32.1. The zero-order chi connectivity index (χ0) is 14.4. The minimum Gasteiger partial charge on any atom is -0.352 e. The van der Waals surface area contributed by atoms with Crippen LogP contribution in [-0.2, 0) is 11.2 Å². The molecule has 0 bridgehead atoms. The van der Waals surface area contributed by atoms with Gasteiger partial charge >= 0.3 is 0 Å². The van der Waals surface area contributed by atoms with Crippen LogP contribution in [0.2, 0.25) is 0 Å². The monoisotopic (exact) mass is 294 g/mol. The van der Waals surface area contributed by atoms with Crippen molar-refractivity contribution in [2.45, 2.75) is 70.5 Å². The molecule has 1 aliphatic rings. The van der Waals surface area contributed by atoms with Gasteiger partial charge in [0.1, 0.15) is 0 Å². The summed E-state index contributed by atoms with van der Waals surface area (Å²) in [5.74, 6) is 0.148. The highest BCUT2D eigenvalue weighted by molar-refractivity contribution is 7.09. The van der Waals surface area contributed by atoms with E-state index in [1.54, 1.807) is 11.3 Å². The molecule has 4 heteroatoms. The van der Waals surface area contributed by atoms with Gasteiger partial charge in [0.05, 0.1) is 6.04 Å². The maximum Gasteiger partial charge on any atom is 0.237 e. The number of nitrogens with one attached hydrogen (secondary N) is 2. The average Bonchev–Trinajstić information content (AvgIpc) is 2.92. The maximum absolute atomic E-state index is 12.2. The van der Waals surface area contributed by atoms with Gasteiger partial charge in [0.2, 0.25) is 5.91 Å². The zero-order valence-corrected chi connectivity index (χ0v) is 13.3. The summed E-state index contributed by atoms with van der Waals surface area (Å²) in [4.78, 5) is 13.5. The second-order valence-electron chi connectivity index (χ2n) is 5.92. The van der Waals surface area contributed by atoms with E-state index < -0.39 is 0 Å². The quantitative estimate of drug-likeness (QED) is 0.846. The lowest BCUT2D eigenvalue weighted by molar-refractivity contribution is -0.123. The van der Waals surface area contributed by atoms with Gasteiger partial charge in [-0.25, -0.2) is 0 Å². The van der Waals surface area contributed by atoms with Crippen LogP contribution < -0.4 is 10.6 Å². The van der Waals surface area contributed by atoms with Crippen LogP contribution in [0.3, 0.4) is 0 Å². The highest BCUT2D eigenvalue weighted by Crippen LogP contribution is 2.17. The fourth-order valence-corrected chi connectivity index (χ4v) is 3.70. The molecule has 2 unspecified atom stereocenters. The number of hydrogen-bond acceptors (Lipinski definition) is 3. The highest BCUT2D eigenvalue weighted by Gasteiger charge is 2.20. The Hall–Kier alpha value is -0.870. The lowest BCUT2D eigenvalue weighted by atomic mass is 9.95. The summed E-state index contributed by atoms with van der Waals surface area (Å²) in [5.41, 5.74) is 0. The van der Waals surface area contributed by atoms with Crippen molar-refractivity contribution in [2.24, 2.45) is 0 Å². The van der Waals surface area contributed by atoms with Crippen molar-refractivity contribution in [2.75, 3.05) is 0 Å². The van der Waals surface area contributed by atoms with E-state index in [1.165, 1.54) is 24.1 Å². The van der Waals surface area contributed by atoms with Crippen LogP contribution >= 0.6 is 11.3 Å². The summed E-state index contributed by atoms with van der Waals surface area (Å²) in [7, 11) is 0. The van der Waals surface area contributed by atoms with Gasteiger partial charge in [-0.15, -0.1) is 11.3 Å². The molecule has 2 rings (SSSR count). The van der Waals surface area contributed by atoms with Crippen molar-refractivity contribution in [1.29, 1.82) is 0 Å². The van der Waals surface area contributed by atoms with Crippen LogP contribution in [0, 0.1) is 0 Å². The number of amides is 1. The molecule has 1 heterocycles. The molecule has 3 nitrogen and oxygen atoms in total. The number of thiophene rings is 1. The molecule has 1 aromatic rings. The maximum atomic E-state index is 12.2. The van der Waals surface area contributed by atoms with Gasteiger partial charge in [-0.3, -0.25) is 4.79 Å². The summed E-state index contributed by atoms with van der Waals surface area (Å²) in [6.07, 6.45) is 7.09. The second-order valence-corrected chi connectivity index (χ2v) is 6.95. The standard InChI is InChI=1S/C16H26N2OS/c1-12(11-15-9-6-10-20-15)17-13(2)16(19)18-14-7-4-3-5-8-14/h6,9-10,12-14,17H,3-5,7-8,11H2,1-2H3,(H,18,19). The lowest BCUT2D eigenvalue weighted by Crippen LogP contribution is -2.49. The summed E-state index contributed by atoms with van der Waals surface area (Å²) < 4.78 is 0. The van der Waals surface area contributed by atoms with Crippen LogP contribution in [0.25, 0.3) is 0 Å². The molecule has 1 aromatic heterocycles. The van der Waals surface area contributed by atoms with E-state index in [2.05, 4.69) is 35.1 Å². The van der Waals surface area contributed by atoms with E-state index in [-0.39, 0.29) is 11.9 Å². The largest absolute Gasteiger partial charge is 0.352 e. The van der Waals surface area contributed by atoms with Crippen molar-refractivity contribution in [3.05, 3.63) is 22.4 Å². The Morgan fingerprint density at radius 1 is 1.35 bits per heavy atom. The molecule has 1 aliphatic carbocycles. The van der Waals surface area contributed by atoms with E-state index >= 15 is 0 Å². The van der Waals surface area contributed by atoms with Gasteiger partial charge in [0.15, 0.2) is 0 Å². The van der Waals surface area contributed by atoms with Crippen LogP contribution in [0.4, 0.5) is 0 Å². The van der Waals surface area contributed by atoms with Crippen molar-refractivity contribution in [3.8, 4) is 0 Å². The first kappa shape index (κ1) is 15.5. The molecule has 20 heavy (non-hydrogen) atoms. The molecule has 1 fully saturated rings. The van der Waals surface area contributed by atoms with E-state index in [0.29, 0.717) is 12.1 Å². The minimum absolute atomic E-state index is 0.119. The van der Waals surface area contributed by atoms with Crippen molar-refractivity contribution in [1.82, 2.24) is 10.6 Å². The van der Waals surface area contributed by atoms with Gasteiger partial charge in [-0.05, 0) is 44.6 Å². The Balaban J connectivity index is 1.72. The number of hydrogen-bond donors (Lipinski definition) is 2. The SMILES string of the molecule is CC(Cc1cccs1)NC(C)C(=O)NC1CCCCC1. The zero-order valence-electron chi connectivity index (χ0n) is 12.5. The molecule has 2 atom stereocenters. The fraction of sp³-hybridized carbons (Fsp3) is 0.688. The van der Waals surface area contributed by atoms with E-state index in [4.69, 9.17) is 0 Å². The van der Waals surface area contributed by atoms with Crippen molar-refractivity contribution >= 4 is 17.2 Å². The summed E-state index contributed by atoms with van der Waals surface area (Å²) in [6.45, 7) is 4.10. The van der Waals surface area contributed by atoms with Gasteiger partial charge in [0.25, 0.3) is 0 Å². The molecule has 1 saturated carbocycles. The van der Waals surface area contributed by atoms with Crippen molar-refractivity contribution < 1.29 is 4.79 Å². The summed E-state index contributed by atoms with van der Waals surface area (Å²) in [6, 6.07) is 4.82. The number of carbonyl (C=O) groups excluding carboxylic acids is 1. The Kier molecular flexibility index (Phi) is 6.05. The third kappa shape index (κ3) is 4.91. The molecule has 0 radical (unpaired) electrons. The normalized spacial score (nSPS) is 19.5. The number of rotatable bonds is 6. The van der Waals surface area contributed by atoms with Crippen LogP contribution in [-0.4, -0.2) is 24.0 Å². The summed E-state index contributed by atoms with van der Waals surface area (Å²) >= 11 is 1.77. The third-order valence-electron chi connectivity index (χ3n) is 3.97. The molecule has 1 amide bonds. The van der Waals surface area contributed by atoms with Gasteiger partial charge < -0.3 is 10.6 Å². The Morgan fingerprint density at radius 2 is 2.10 bits per heavy atom. The Morgan fingerprint density at radius 3 is 2.75 bits per heavy atom. The molecule has 0 saturated heterocycles. The molecular weight excluding hydrogens is 268 g/mol. The summed E-state index contributed by atoms with van der Waals surface area (Å²) in [5, 5.41) is 8.68. The molecular formula is C16H26N2OS. The molecule has 112 valence electrons. The predicted molar refractivity (Wildman–Crippen MR) is 85.1 cm³/mol. The molecule has 0 aromatic carbocycles. The topological polar surface area (TPSA) is 41.1 Å². The van der Waals surface area contributed by atoms with Crippen LogP contribution in [0.5, 0.6) is 0 Å².